The number of benzene rings is 2. The zero-order valence-corrected chi connectivity index (χ0v) is 30.8. The number of aromatic nitrogens is 6. The molecule has 0 radical (unpaired) electrons. The lowest BCUT2D eigenvalue weighted by Crippen LogP contribution is -2.28. The van der Waals surface area contributed by atoms with Gasteiger partial charge in [-0.25, -0.2) is 9.36 Å². The number of nitrogens with zero attached hydrogens (tertiary/aromatic N) is 6. The Balaban J connectivity index is 0.000000208. The van der Waals surface area contributed by atoms with E-state index in [1.165, 1.54) is 23.2 Å². The van der Waals surface area contributed by atoms with Crippen molar-refractivity contribution in [2.45, 2.75) is 40.8 Å². The van der Waals surface area contributed by atoms with Crippen molar-refractivity contribution in [3.05, 3.63) is 129 Å². The predicted molar refractivity (Wildman–Crippen MR) is 207 cm³/mol. The van der Waals surface area contributed by atoms with Crippen molar-refractivity contribution >= 4 is 34.3 Å². The molecule has 6 rings (SSSR count). The van der Waals surface area contributed by atoms with E-state index >= 15 is 0 Å². The minimum absolute atomic E-state index is 0.177. The van der Waals surface area contributed by atoms with E-state index in [4.69, 9.17) is 9.47 Å². The second kappa shape index (κ2) is 17.5. The van der Waals surface area contributed by atoms with Crippen molar-refractivity contribution in [1.29, 1.82) is 0 Å². The summed E-state index contributed by atoms with van der Waals surface area (Å²) in [7, 11) is 3.11. The average molecular weight is 729 g/mol. The topological polar surface area (TPSA) is 172 Å². The predicted octanol–water partition coefficient (Wildman–Crippen LogP) is 6.56. The molecule has 2 N–H and O–H groups in total. The third-order valence-electron chi connectivity index (χ3n) is 8.23. The van der Waals surface area contributed by atoms with Crippen LogP contribution in [0.4, 0.5) is 22.7 Å². The molecule has 0 unspecified atom stereocenters. The SMILES string of the molecule is CCn1nc(-c2ccncc2)c(C(C)=O)c(Nc2cccc(OC)c2)c1=O.CCn1nc(-c2ccncc2)c(C(C)=O)c(Nc2ccccc2OC)c1=O. The molecule has 0 aliphatic heterocycles. The minimum Gasteiger partial charge on any atom is -0.497 e. The van der Waals surface area contributed by atoms with Crippen LogP contribution in [0.5, 0.6) is 11.5 Å². The molecule has 0 aliphatic carbocycles. The zero-order valence-electron chi connectivity index (χ0n) is 30.8. The van der Waals surface area contributed by atoms with Gasteiger partial charge >= 0.3 is 0 Å². The van der Waals surface area contributed by atoms with Gasteiger partial charge in [-0.05, 0) is 76.2 Å². The van der Waals surface area contributed by atoms with E-state index in [1.807, 2.05) is 26.0 Å². The Morgan fingerprint density at radius 3 is 1.61 bits per heavy atom. The lowest BCUT2D eigenvalue weighted by atomic mass is 10.0. The van der Waals surface area contributed by atoms with Gasteiger partial charge in [0.05, 0.1) is 31.0 Å². The Kier molecular flexibility index (Phi) is 12.4. The largest absolute Gasteiger partial charge is 0.497 e. The van der Waals surface area contributed by atoms with E-state index < -0.39 is 0 Å². The number of Topliss-reactive ketones (excluding diaryl/α,β-unsaturated/α-hetero) is 2. The first-order valence-corrected chi connectivity index (χ1v) is 17.1. The van der Waals surface area contributed by atoms with E-state index in [2.05, 4.69) is 30.8 Å². The molecule has 54 heavy (non-hydrogen) atoms. The van der Waals surface area contributed by atoms with Crippen LogP contribution in [0.25, 0.3) is 22.5 Å². The first kappa shape index (κ1) is 38.3. The third-order valence-corrected chi connectivity index (χ3v) is 8.23. The fourth-order valence-corrected chi connectivity index (χ4v) is 5.64. The van der Waals surface area contributed by atoms with Crippen LogP contribution in [0.2, 0.25) is 0 Å². The van der Waals surface area contributed by atoms with Crippen molar-refractivity contribution in [3.63, 3.8) is 0 Å². The van der Waals surface area contributed by atoms with Crippen LogP contribution in [-0.4, -0.2) is 55.3 Å². The Hall–Kier alpha value is -6.96. The standard InChI is InChI=1S/2C20H20N4O3/c1-4-24-20(26)19(22-15-6-5-7-16(12-15)27-3)17(13(2)25)18(23-24)14-8-10-21-11-9-14;1-4-24-20(26)19(22-15-7-5-6-8-16(15)27-3)17(13(2)25)18(23-24)14-9-11-21-12-10-14/h2*5-12,22H,4H2,1-3H3. The minimum atomic E-state index is -0.369. The number of carbonyl (C=O) groups excluding carboxylic acids is 2. The second-order valence-electron chi connectivity index (χ2n) is 11.7. The maximum atomic E-state index is 12.9. The van der Waals surface area contributed by atoms with Crippen molar-refractivity contribution in [3.8, 4) is 34.0 Å². The van der Waals surface area contributed by atoms with Crippen molar-refractivity contribution in [2.75, 3.05) is 24.9 Å². The van der Waals surface area contributed by atoms with Gasteiger partial charge in [0.1, 0.15) is 34.3 Å². The number of nitrogens with one attached hydrogen (secondary N) is 2. The van der Waals surface area contributed by atoms with Gasteiger partial charge < -0.3 is 20.1 Å². The van der Waals surface area contributed by atoms with Gasteiger partial charge in [0.2, 0.25) is 0 Å². The van der Waals surface area contributed by atoms with Crippen LogP contribution >= 0.6 is 0 Å². The maximum absolute atomic E-state index is 12.9. The van der Waals surface area contributed by atoms with E-state index in [-0.39, 0.29) is 45.2 Å². The van der Waals surface area contributed by atoms with Crippen LogP contribution in [-0.2, 0) is 13.1 Å². The molecule has 0 bridgehead atoms. The van der Waals surface area contributed by atoms with E-state index in [0.29, 0.717) is 58.5 Å². The first-order chi connectivity index (χ1) is 26.1. The van der Waals surface area contributed by atoms with Gasteiger partial charge in [0, 0.05) is 60.8 Å². The number of ether oxygens (including phenoxy) is 2. The van der Waals surface area contributed by atoms with E-state index in [0.717, 1.165) is 0 Å². The summed E-state index contributed by atoms with van der Waals surface area (Å²) in [6, 6.07) is 21.4. The normalized spacial score (nSPS) is 10.5. The van der Waals surface area contributed by atoms with Crippen LogP contribution in [0, 0.1) is 0 Å². The van der Waals surface area contributed by atoms with Crippen LogP contribution in [0.15, 0.2) is 107 Å². The molecule has 0 amide bonds. The van der Waals surface area contributed by atoms with Gasteiger partial charge in [0.25, 0.3) is 11.1 Å². The quantitative estimate of drug-likeness (QED) is 0.130. The number of rotatable bonds is 12. The number of carbonyl (C=O) groups is 2. The molecule has 6 aromatic rings. The van der Waals surface area contributed by atoms with Gasteiger partial charge in [-0.2, -0.15) is 10.2 Å². The summed E-state index contributed by atoms with van der Waals surface area (Å²) in [6.45, 7) is 7.25. The number of pyridine rings is 2. The summed E-state index contributed by atoms with van der Waals surface area (Å²) < 4.78 is 13.2. The second-order valence-corrected chi connectivity index (χ2v) is 11.7. The number of anilines is 4. The number of para-hydroxylation sites is 2. The van der Waals surface area contributed by atoms with Crippen molar-refractivity contribution in [2.24, 2.45) is 0 Å². The summed E-state index contributed by atoms with van der Waals surface area (Å²) in [5, 5.41) is 15.0. The first-order valence-electron chi connectivity index (χ1n) is 17.1. The highest BCUT2D eigenvalue weighted by atomic mass is 16.5. The molecule has 4 heterocycles. The number of ketones is 2. The number of aryl methyl sites for hydroxylation is 2. The Morgan fingerprint density at radius 1 is 0.648 bits per heavy atom. The van der Waals surface area contributed by atoms with Gasteiger partial charge in [-0.15, -0.1) is 0 Å². The fraction of sp³-hybridized carbons (Fsp3) is 0.200. The summed E-state index contributed by atoms with van der Waals surface area (Å²) in [5.41, 5.74) is 3.66. The molecule has 14 heteroatoms. The molecular formula is C40H40N8O6. The molecule has 0 aliphatic rings. The highest BCUT2D eigenvalue weighted by Crippen LogP contribution is 2.31. The Bertz CT molecular complexity index is 2400. The number of hydrogen-bond acceptors (Lipinski definition) is 12. The lowest BCUT2D eigenvalue weighted by molar-refractivity contribution is 0.101. The number of hydrogen-bond donors (Lipinski definition) is 2. The summed E-state index contributed by atoms with van der Waals surface area (Å²) in [4.78, 5) is 58.8. The van der Waals surface area contributed by atoms with Crippen molar-refractivity contribution < 1.29 is 19.1 Å². The molecule has 0 saturated carbocycles. The van der Waals surface area contributed by atoms with Gasteiger partial charge in [0.15, 0.2) is 11.6 Å². The smallest absolute Gasteiger partial charge is 0.291 e. The summed E-state index contributed by atoms with van der Waals surface area (Å²) in [6.07, 6.45) is 6.49. The number of methoxy groups -OCH3 is 2. The summed E-state index contributed by atoms with van der Waals surface area (Å²) in [5.74, 6) is 0.701. The Morgan fingerprint density at radius 2 is 1.15 bits per heavy atom. The molecule has 4 aromatic heterocycles. The zero-order chi connectivity index (χ0) is 38.8. The maximum Gasteiger partial charge on any atom is 0.291 e. The molecule has 0 fully saturated rings. The Labute approximate surface area is 311 Å². The molecule has 0 atom stereocenters. The van der Waals surface area contributed by atoms with Gasteiger partial charge in [-0.1, -0.05) is 18.2 Å². The third kappa shape index (κ3) is 8.39. The molecule has 14 nitrogen and oxygen atoms in total. The molecule has 2 aromatic carbocycles. The summed E-state index contributed by atoms with van der Waals surface area (Å²) >= 11 is 0. The van der Waals surface area contributed by atoms with E-state index in [1.54, 1.807) is 99.7 Å². The highest BCUT2D eigenvalue weighted by molar-refractivity contribution is 6.06. The van der Waals surface area contributed by atoms with Crippen molar-refractivity contribution in [1.82, 2.24) is 29.5 Å². The molecular weight excluding hydrogens is 688 g/mol. The molecule has 0 spiro atoms. The lowest BCUT2D eigenvalue weighted by Gasteiger charge is -2.17. The van der Waals surface area contributed by atoms with Crippen LogP contribution in [0.3, 0.4) is 0 Å². The molecule has 276 valence electrons. The highest BCUT2D eigenvalue weighted by Gasteiger charge is 2.24. The monoisotopic (exact) mass is 728 g/mol. The molecule has 0 saturated heterocycles. The van der Waals surface area contributed by atoms with Crippen LogP contribution in [0.1, 0.15) is 48.4 Å². The average Bonchev–Trinajstić information content (AvgIpc) is 3.20. The van der Waals surface area contributed by atoms with E-state index in [9.17, 15) is 19.2 Å². The van der Waals surface area contributed by atoms with Crippen LogP contribution < -0.4 is 31.2 Å². The van der Waals surface area contributed by atoms with Gasteiger partial charge in [-0.3, -0.25) is 29.1 Å². The fourth-order valence-electron chi connectivity index (χ4n) is 5.64.